The number of hydrogen-bond acceptors (Lipinski definition) is 4. The number of amides is 1. The molecule has 0 aliphatic carbocycles. The summed E-state index contributed by atoms with van der Waals surface area (Å²) in [5, 5.41) is 22.6. The van der Waals surface area contributed by atoms with Crippen LogP contribution in [0.15, 0.2) is 60.2 Å². The number of hydrogen-bond donors (Lipinski definition) is 1. The second-order valence-corrected chi connectivity index (χ2v) is 5.12. The lowest BCUT2D eigenvalue weighted by atomic mass is 10.1. The Kier molecular flexibility index (Phi) is 5.42. The van der Waals surface area contributed by atoms with Gasteiger partial charge in [-0.15, -0.1) is 0 Å². The van der Waals surface area contributed by atoms with Crippen molar-refractivity contribution >= 4 is 17.7 Å². The van der Waals surface area contributed by atoms with Crippen molar-refractivity contribution in [3.63, 3.8) is 0 Å². The highest BCUT2D eigenvalue weighted by Crippen LogP contribution is 2.16. The minimum absolute atomic E-state index is 0.0483. The van der Waals surface area contributed by atoms with Gasteiger partial charge in [-0.2, -0.15) is 5.26 Å². The number of nitrogens with one attached hydrogen (secondary N) is 1. The molecule has 6 nitrogen and oxygen atoms in total. The fourth-order valence-corrected chi connectivity index (χ4v) is 2.11. The van der Waals surface area contributed by atoms with Gasteiger partial charge in [-0.05, 0) is 36.3 Å². The van der Waals surface area contributed by atoms with Gasteiger partial charge in [0.05, 0.1) is 11.0 Å². The van der Waals surface area contributed by atoms with Gasteiger partial charge in [0.15, 0.2) is 0 Å². The summed E-state index contributed by atoms with van der Waals surface area (Å²) >= 11 is 0. The molecule has 0 heterocycles. The molecule has 0 spiro atoms. The van der Waals surface area contributed by atoms with Crippen LogP contribution < -0.4 is 5.32 Å². The van der Waals surface area contributed by atoms with Gasteiger partial charge in [0.1, 0.15) is 11.6 Å². The van der Waals surface area contributed by atoms with E-state index in [2.05, 4.69) is 5.32 Å². The Morgan fingerprint density at radius 2 is 1.83 bits per heavy atom. The summed E-state index contributed by atoms with van der Waals surface area (Å²) < 4.78 is 0. The molecular weight excluding hydrogens is 306 g/mol. The van der Waals surface area contributed by atoms with Crippen LogP contribution in [0.3, 0.4) is 0 Å². The minimum Gasteiger partial charge on any atom is -0.345 e. The highest BCUT2D eigenvalue weighted by molar-refractivity contribution is 6.01. The lowest BCUT2D eigenvalue weighted by Crippen LogP contribution is -2.27. The summed E-state index contributed by atoms with van der Waals surface area (Å²) in [4.78, 5) is 22.3. The second kappa shape index (κ2) is 7.70. The van der Waals surface area contributed by atoms with Gasteiger partial charge >= 0.3 is 0 Å². The molecule has 0 aliphatic heterocycles. The van der Waals surface area contributed by atoms with Crippen molar-refractivity contribution in [3.8, 4) is 6.07 Å². The highest BCUT2D eigenvalue weighted by Gasteiger charge is 2.14. The van der Waals surface area contributed by atoms with Gasteiger partial charge < -0.3 is 5.32 Å². The summed E-state index contributed by atoms with van der Waals surface area (Å²) in [6.45, 7) is 1.83. The first-order valence-electron chi connectivity index (χ1n) is 7.23. The molecule has 6 heteroatoms. The molecule has 0 saturated heterocycles. The molecule has 24 heavy (non-hydrogen) atoms. The Morgan fingerprint density at radius 3 is 2.38 bits per heavy atom. The first kappa shape index (κ1) is 16.9. The van der Waals surface area contributed by atoms with Crippen LogP contribution in [-0.4, -0.2) is 10.8 Å². The number of rotatable bonds is 5. The van der Waals surface area contributed by atoms with E-state index in [0.29, 0.717) is 5.56 Å². The van der Waals surface area contributed by atoms with Gasteiger partial charge in [-0.25, -0.2) is 0 Å². The van der Waals surface area contributed by atoms with Gasteiger partial charge in [-0.1, -0.05) is 30.3 Å². The minimum atomic E-state index is -0.507. The topological polar surface area (TPSA) is 96.0 Å². The van der Waals surface area contributed by atoms with Crippen LogP contribution >= 0.6 is 0 Å². The number of nitro groups is 1. The third-order valence-corrected chi connectivity index (χ3v) is 3.43. The maximum Gasteiger partial charge on any atom is 0.269 e. The van der Waals surface area contributed by atoms with Crippen molar-refractivity contribution in [1.82, 2.24) is 5.32 Å². The van der Waals surface area contributed by atoms with Crippen LogP contribution in [-0.2, 0) is 4.79 Å². The SMILES string of the molecule is CC(NC(=O)/C(C#N)=C/c1ccc([N+](=O)[O-])cc1)c1ccccc1. The van der Waals surface area contributed by atoms with Gasteiger partial charge in [0, 0.05) is 12.1 Å². The molecule has 1 amide bonds. The molecule has 0 aliphatic rings. The van der Waals surface area contributed by atoms with Crippen molar-refractivity contribution in [2.75, 3.05) is 0 Å². The predicted octanol–water partition coefficient (Wildman–Crippen LogP) is 3.38. The van der Waals surface area contributed by atoms with Crippen molar-refractivity contribution in [1.29, 1.82) is 5.26 Å². The molecule has 0 bridgehead atoms. The van der Waals surface area contributed by atoms with Crippen molar-refractivity contribution in [2.45, 2.75) is 13.0 Å². The molecule has 1 atom stereocenters. The smallest absolute Gasteiger partial charge is 0.269 e. The van der Waals surface area contributed by atoms with Gasteiger partial charge in [0.25, 0.3) is 11.6 Å². The Bertz CT molecular complexity index is 806. The molecule has 2 aromatic rings. The Hall–Kier alpha value is -3.46. The monoisotopic (exact) mass is 321 g/mol. The summed E-state index contributed by atoms with van der Waals surface area (Å²) in [7, 11) is 0. The first-order valence-corrected chi connectivity index (χ1v) is 7.23. The van der Waals surface area contributed by atoms with Crippen LogP contribution in [0.5, 0.6) is 0 Å². The molecular formula is C18H15N3O3. The Morgan fingerprint density at radius 1 is 1.21 bits per heavy atom. The third-order valence-electron chi connectivity index (χ3n) is 3.43. The highest BCUT2D eigenvalue weighted by atomic mass is 16.6. The molecule has 0 radical (unpaired) electrons. The van der Waals surface area contributed by atoms with Crippen LogP contribution in [0.4, 0.5) is 5.69 Å². The largest absolute Gasteiger partial charge is 0.345 e. The lowest BCUT2D eigenvalue weighted by Gasteiger charge is -2.13. The summed E-state index contributed by atoms with van der Waals surface area (Å²) in [5.74, 6) is -0.493. The van der Waals surface area contributed by atoms with Crippen LogP contribution in [0.1, 0.15) is 24.1 Å². The van der Waals surface area contributed by atoms with Crippen LogP contribution in [0, 0.1) is 21.4 Å². The Balaban J connectivity index is 2.13. The predicted molar refractivity (Wildman–Crippen MR) is 89.7 cm³/mol. The van der Waals surface area contributed by atoms with E-state index < -0.39 is 10.8 Å². The lowest BCUT2D eigenvalue weighted by molar-refractivity contribution is -0.384. The molecule has 2 aromatic carbocycles. The zero-order valence-corrected chi connectivity index (χ0v) is 13.0. The average molecular weight is 321 g/mol. The second-order valence-electron chi connectivity index (χ2n) is 5.12. The number of nitrogens with zero attached hydrogens (tertiary/aromatic N) is 2. The molecule has 120 valence electrons. The molecule has 1 unspecified atom stereocenters. The maximum absolute atomic E-state index is 12.2. The van der Waals surface area contributed by atoms with Crippen molar-refractivity contribution < 1.29 is 9.72 Å². The standard InChI is InChI=1S/C18H15N3O3/c1-13(15-5-3-2-4-6-15)20-18(22)16(12-19)11-14-7-9-17(10-8-14)21(23)24/h2-11,13H,1H3,(H,20,22)/b16-11+. The van der Waals surface area contributed by atoms with E-state index >= 15 is 0 Å². The number of benzene rings is 2. The molecule has 2 rings (SSSR count). The Labute approximate surface area is 139 Å². The number of carbonyl (C=O) groups excluding carboxylic acids is 1. The quantitative estimate of drug-likeness (QED) is 0.395. The fraction of sp³-hybridized carbons (Fsp3) is 0.111. The molecule has 0 fully saturated rings. The van der Waals surface area contributed by atoms with E-state index in [9.17, 15) is 20.2 Å². The number of nitriles is 1. The van der Waals surface area contributed by atoms with Crippen molar-refractivity contribution in [3.05, 3.63) is 81.4 Å². The van der Waals surface area contributed by atoms with Crippen LogP contribution in [0.2, 0.25) is 0 Å². The average Bonchev–Trinajstić information content (AvgIpc) is 2.60. The summed E-state index contributed by atoms with van der Waals surface area (Å²) in [5.41, 5.74) is 1.36. The number of nitro benzene ring substituents is 1. The fourth-order valence-electron chi connectivity index (χ4n) is 2.11. The van der Waals surface area contributed by atoms with E-state index in [1.807, 2.05) is 43.3 Å². The number of non-ortho nitro benzene ring substituents is 1. The zero-order chi connectivity index (χ0) is 17.5. The molecule has 1 N–H and O–H groups in total. The van der Waals surface area contributed by atoms with Crippen LogP contribution in [0.25, 0.3) is 6.08 Å². The third kappa shape index (κ3) is 4.27. The summed E-state index contributed by atoms with van der Waals surface area (Å²) in [6, 6.07) is 16.6. The van der Waals surface area contributed by atoms with Gasteiger partial charge in [-0.3, -0.25) is 14.9 Å². The first-order chi connectivity index (χ1) is 11.5. The van der Waals surface area contributed by atoms with E-state index in [4.69, 9.17) is 0 Å². The van der Waals surface area contributed by atoms with E-state index in [1.165, 1.54) is 30.3 Å². The number of carbonyl (C=O) groups is 1. The zero-order valence-electron chi connectivity index (χ0n) is 13.0. The summed E-state index contributed by atoms with van der Waals surface area (Å²) in [6.07, 6.45) is 1.40. The van der Waals surface area contributed by atoms with E-state index in [0.717, 1.165) is 5.56 Å². The van der Waals surface area contributed by atoms with E-state index in [1.54, 1.807) is 0 Å². The van der Waals surface area contributed by atoms with Crippen molar-refractivity contribution in [2.24, 2.45) is 0 Å². The normalized spacial score (nSPS) is 12.1. The van der Waals surface area contributed by atoms with Gasteiger partial charge in [0.2, 0.25) is 0 Å². The van der Waals surface area contributed by atoms with E-state index in [-0.39, 0.29) is 17.3 Å². The molecule has 0 aromatic heterocycles. The maximum atomic E-state index is 12.2. The molecule has 0 saturated carbocycles.